The Labute approximate surface area is 201 Å². The number of methoxy groups -OCH3 is 1. The summed E-state index contributed by atoms with van der Waals surface area (Å²) in [6.45, 7) is 7.46. The van der Waals surface area contributed by atoms with Gasteiger partial charge in [-0.15, -0.1) is 0 Å². The molecule has 2 fully saturated rings. The summed E-state index contributed by atoms with van der Waals surface area (Å²) >= 11 is 0. The Hall–Kier alpha value is -3.10. The third-order valence-corrected chi connectivity index (χ3v) is 6.46. The molecule has 2 saturated heterocycles. The lowest BCUT2D eigenvalue weighted by molar-refractivity contribution is -0.133. The van der Waals surface area contributed by atoms with Crippen molar-refractivity contribution in [1.29, 1.82) is 0 Å². The lowest BCUT2D eigenvalue weighted by Gasteiger charge is -2.41. The molecule has 2 aliphatic rings. The molecule has 1 atom stereocenters. The maximum absolute atomic E-state index is 13.6. The van der Waals surface area contributed by atoms with Crippen LogP contribution in [0.15, 0.2) is 48.5 Å². The van der Waals surface area contributed by atoms with Crippen LogP contribution in [0, 0.1) is 0 Å². The van der Waals surface area contributed by atoms with Gasteiger partial charge in [-0.05, 0) is 18.2 Å². The first kappa shape index (κ1) is 24.0. The van der Waals surface area contributed by atoms with Gasteiger partial charge in [0.2, 0.25) is 5.91 Å². The van der Waals surface area contributed by atoms with Gasteiger partial charge >= 0.3 is 0 Å². The molecule has 2 heterocycles. The number of nitrogens with zero attached hydrogens (tertiary/aromatic N) is 3. The van der Waals surface area contributed by atoms with Crippen molar-refractivity contribution in [3.8, 4) is 11.5 Å². The molecule has 0 unspecified atom stereocenters. The molecule has 8 nitrogen and oxygen atoms in total. The van der Waals surface area contributed by atoms with Crippen molar-refractivity contribution < 1.29 is 23.8 Å². The fourth-order valence-electron chi connectivity index (χ4n) is 4.60. The van der Waals surface area contributed by atoms with Gasteiger partial charge in [-0.3, -0.25) is 14.5 Å². The van der Waals surface area contributed by atoms with Gasteiger partial charge < -0.3 is 24.0 Å². The third-order valence-electron chi connectivity index (χ3n) is 6.46. The number of carbonyl (C=O) groups excluding carboxylic acids is 2. The van der Waals surface area contributed by atoms with E-state index in [9.17, 15) is 9.59 Å². The fourth-order valence-corrected chi connectivity index (χ4v) is 4.60. The van der Waals surface area contributed by atoms with Crippen LogP contribution < -0.4 is 9.47 Å². The lowest BCUT2D eigenvalue weighted by atomic mass is 10.00. The van der Waals surface area contributed by atoms with Crippen LogP contribution in [0.5, 0.6) is 11.5 Å². The summed E-state index contributed by atoms with van der Waals surface area (Å²) in [6, 6.07) is 14.8. The topological polar surface area (TPSA) is 71.5 Å². The quantitative estimate of drug-likeness (QED) is 0.623. The molecular formula is C26H33N3O5. The van der Waals surface area contributed by atoms with E-state index in [1.165, 1.54) is 0 Å². The minimum absolute atomic E-state index is 0.0187. The molecule has 0 aliphatic carbocycles. The summed E-state index contributed by atoms with van der Waals surface area (Å²) in [5, 5.41) is 0. The number of benzene rings is 2. The van der Waals surface area contributed by atoms with Crippen LogP contribution in [0.4, 0.5) is 0 Å². The Balaban J connectivity index is 1.49. The Morgan fingerprint density at radius 2 is 1.68 bits per heavy atom. The molecule has 8 heteroatoms. The first-order chi connectivity index (χ1) is 16.6. The highest BCUT2D eigenvalue weighted by Crippen LogP contribution is 2.33. The van der Waals surface area contributed by atoms with Gasteiger partial charge in [0.1, 0.15) is 18.1 Å². The van der Waals surface area contributed by atoms with Gasteiger partial charge in [0, 0.05) is 51.8 Å². The maximum atomic E-state index is 13.6. The average molecular weight is 468 g/mol. The van der Waals surface area contributed by atoms with E-state index in [1.54, 1.807) is 18.9 Å². The minimum Gasteiger partial charge on any atom is -0.496 e. The largest absolute Gasteiger partial charge is 0.496 e. The predicted molar refractivity (Wildman–Crippen MR) is 128 cm³/mol. The van der Waals surface area contributed by atoms with Crippen LogP contribution >= 0.6 is 0 Å². The van der Waals surface area contributed by atoms with E-state index in [-0.39, 0.29) is 17.9 Å². The third kappa shape index (κ3) is 5.51. The smallest absolute Gasteiger partial charge is 0.257 e. The molecule has 4 rings (SSSR count). The Morgan fingerprint density at radius 3 is 2.41 bits per heavy atom. The van der Waals surface area contributed by atoms with Crippen LogP contribution in [-0.4, -0.2) is 92.7 Å². The monoisotopic (exact) mass is 467 g/mol. The van der Waals surface area contributed by atoms with Crippen molar-refractivity contribution in [1.82, 2.24) is 14.7 Å². The molecule has 0 saturated carbocycles. The molecule has 182 valence electrons. The number of carbonyl (C=O) groups is 2. The number of para-hydroxylation sites is 2. The number of amides is 2. The standard InChI is InChI=1S/C26H33N3O5/c1-20(30)29-12-11-28(19-23(29)21-7-3-5-9-24(21)32-2)26(31)22-8-4-6-10-25(22)34-18-15-27-13-16-33-17-14-27/h3-10,23H,11-19H2,1-2H3/t23-/m1/s1. The fraction of sp³-hybridized carbons (Fsp3) is 0.462. The van der Waals surface area contributed by atoms with Crippen LogP contribution in [-0.2, 0) is 9.53 Å². The molecule has 2 aliphatic heterocycles. The molecule has 0 N–H and O–H groups in total. The number of piperazine rings is 1. The summed E-state index contributed by atoms with van der Waals surface area (Å²) < 4.78 is 17.0. The van der Waals surface area contributed by atoms with Crippen LogP contribution in [0.1, 0.15) is 28.9 Å². The average Bonchev–Trinajstić information content (AvgIpc) is 2.88. The summed E-state index contributed by atoms with van der Waals surface area (Å²) in [7, 11) is 1.62. The first-order valence-corrected chi connectivity index (χ1v) is 11.8. The number of morpholine rings is 1. The van der Waals surface area contributed by atoms with E-state index in [2.05, 4.69) is 4.90 Å². The molecule has 0 aromatic heterocycles. The van der Waals surface area contributed by atoms with Crippen LogP contribution in [0.2, 0.25) is 0 Å². The SMILES string of the molecule is COc1ccccc1[C@H]1CN(C(=O)c2ccccc2OCCN2CCOCC2)CCN1C(C)=O. The predicted octanol–water partition coefficient (Wildman–Crippen LogP) is 2.45. The number of ether oxygens (including phenoxy) is 3. The molecule has 0 bridgehead atoms. The van der Waals surface area contributed by atoms with Crippen molar-refractivity contribution in [2.45, 2.75) is 13.0 Å². The second-order valence-electron chi connectivity index (χ2n) is 8.52. The Morgan fingerprint density at radius 1 is 0.971 bits per heavy atom. The molecule has 0 spiro atoms. The molecule has 0 radical (unpaired) electrons. The lowest BCUT2D eigenvalue weighted by Crippen LogP contribution is -2.52. The van der Waals surface area contributed by atoms with E-state index >= 15 is 0 Å². The molecule has 34 heavy (non-hydrogen) atoms. The Kier molecular flexibility index (Phi) is 8.03. The van der Waals surface area contributed by atoms with Gasteiger partial charge in [-0.2, -0.15) is 0 Å². The van der Waals surface area contributed by atoms with Crippen molar-refractivity contribution in [2.24, 2.45) is 0 Å². The Bertz CT molecular complexity index is 992. The van der Waals surface area contributed by atoms with Crippen molar-refractivity contribution >= 4 is 11.8 Å². The first-order valence-electron chi connectivity index (χ1n) is 11.8. The second kappa shape index (κ2) is 11.4. The number of hydrogen-bond acceptors (Lipinski definition) is 6. The van der Waals surface area contributed by atoms with E-state index in [0.29, 0.717) is 43.3 Å². The van der Waals surface area contributed by atoms with E-state index in [4.69, 9.17) is 14.2 Å². The van der Waals surface area contributed by atoms with Crippen LogP contribution in [0.25, 0.3) is 0 Å². The minimum atomic E-state index is -0.277. The normalized spacial score (nSPS) is 19.1. The zero-order chi connectivity index (χ0) is 23.9. The van der Waals surface area contributed by atoms with Gasteiger partial charge in [0.25, 0.3) is 5.91 Å². The summed E-state index contributed by atoms with van der Waals surface area (Å²) in [6.07, 6.45) is 0. The number of rotatable bonds is 7. The highest BCUT2D eigenvalue weighted by molar-refractivity contribution is 5.97. The highest BCUT2D eigenvalue weighted by atomic mass is 16.5. The van der Waals surface area contributed by atoms with Crippen molar-refractivity contribution in [3.05, 3.63) is 59.7 Å². The number of hydrogen-bond donors (Lipinski definition) is 0. The molecule has 2 aromatic rings. The van der Waals surface area contributed by atoms with E-state index in [1.807, 2.05) is 53.4 Å². The van der Waals surface area contributed by atoms with Crippen molar-refractivity contribution in [3.63, 3.8) is 0 Å². The highest BCUT2D eigenvalue weighted by Gasteiger charge is 2.34. The van der Waals surface area contributed by atoms with E-state index < -0.39 is 0 Å². The van der Waals surface area contributed by atoms with Gasteiger partial charge in [0.05, 0.1) is 31.9 Å². The summed E-state index contributed by atoms with van der Waals surface area (Å²) in [5.41, 5.74) is 1.44. The summed E-state index contributed by atoms with van der Waals surface area (Å²) in [5.74, 6) is 1.18. The van der Waals surface area contributed by atoms with E-state index in [0.717, 1.165) is 38.4 Å². The molecule has 2 aromatic carbocycles. The van der Waals surface area contributed by atoms with Gasteiger partial charge in [0.15, 0.2) is 0 Å². The van der Waals surface area contributed by atoms with Crippen LogP contribution in [0.3, 0.4) is 0 Å². The van der Waals surface area contributed by atoms with Gasteiger partial charge in [-0.25, -0.2) is 0 Å². The zero-order valence-corrected chi connectivity index (χ0v) is 19.9. The molecule has 2 amide bonds. The maximum Gasteiger partial charge on any atom is 0.257 e. The molecular weight excluding hydrogens is 434 g/mol. The second-order valence-corrected chi connectivity index (χ2v) is 8.52. The van der Waals surface area contributed by atoms with Crippen molar-refractivity contribution in [2.75, 3.05) is 66.2 Å². The van der Waals surface area contributed by atoms with Gasteiger partial charge in [-0.1, -0.05) is 30.3 Å². The summed E-state index contributed by atoms with van der Waals surface area (Å²) in [4.78, 5) is 31.9. The zero-order valence-electron chi connectivity index (χ0n) is 19.9.